The number of likely N-dealkylation sites (tertiary alicyclic amines) is 1. The Morgan fingerprint density at radius 2 is 1.90 bits per heavy atom. The van der Waals surface area contributed by atoms with Crippen LogP contribution in [0.15, 0.2) is 59.1 Å². The Hall–Kier alpha value is -2.41. The highest BCUT2D eigenvalue weighted by Crippen LogP contribution is 2.29. The molecular weight excluding hydrogens is 411 g/mol. The summed E-state index contributed by atoms with van der Waals surface area (Å²) in [5.41, 5.74) is 7.85. The lowest BCUT2D eigenvalue weighted by Crippen LogP contribution is -2.43. The molecule has 6 nitrogen and oxygen atoms in total. The van der Waals surface area contributed by atoms with Gasteiger partial charge >= 0.3 is 0 Å². The third-order valence-electron chi connectivity index (χ3n) is 5.05. The second kappa shape index (κ2) is 9.39. The van der Waals surface area contributed by atoms with Gasteiger partial charge in [-0.15, -0.1) is 12.4 Å². The molecule has 0 radical (unpaired) electrons. The highest BCUT2D eigenvalue weighted by atomic mass is 35.5. The number of aromatic nitrogens is 2. The largest absolute Gasteiger partial charge is 0.340 e. The molecule has 2 aromatic carbocycles. The van der Waals surface area contributed by atoms with Gasteiger partial charge in [-0.05, 0) is 42.7 Å². The number of hydrogen-bond donors (Lipinski definition) is 1. The molecule has 1 aliphatic rings. The van der Waals surface area contributed by atoms with Crippen molar-refractivity contribution >= 4 is 29.9 Å². The molecular formula is C21H22Cl2N4O2. The van der Waals surface area contributed by atoms with Crippen molar-refractivity contribution in [2.75, 3.05) is 13.1 Å². The molecule has 1 fully saturated rings. The van der Waals surface area contributed by atoms with Crippen LogP contribution in [0.5, 0.6) is 0 Å². The average Bonchev–Trinajstić information content (AvgIpc) is 3.24. The van der Waals surface area contributed by atoms with Crippen LogP contribution >= 0.6 is 24.0 Å². The summed E-state index contributed by atoms with van der Waals surface area (Å²) in [6.07, 6.45) is 1.77. The molecule has 0 saturated carbocycles. The Morgan fingerprint density at radius 1 is 1.17 bits per heavy atom. The lowest BCUT2D eigenvalue weighted by molar-refractivity contribution is -0.134. The van der Waals surface area contributed by atoms with Gasteiger partial charge in [-0.2, -0.15) is 4.98 Å². The fourth-order valence-electron chi connectivity index (χ4n) is 3.50. The standard InChI is InChI=1S/C21H21ClN4O2.ClH/c22-17-10-8-15(9-11-17)19-24-20(28-25-19)16-7-4-12-26(13-16)21(27)18(23)14-5-2-1-3-6-14;/h1-3,5-6,8-11,16,18H,4,7,12-13,23H2;1H. The number of nitrogens with two attached hydrogens (primary N) is 1. The molecule has 29 heavy (non-hydrogen) atoms. The minimum Gasteiger partial charge on any atom is -0.340 e. The molecule has 4 rings (SSSR count). The molecule has 1 aliphatic heterocycles. The SMILES string of the molecule is Cl.NC(C(=O)N1CCCC(c2nc(-c3ccc(Cl)cc3)no2)C1)c1ccccc1. The lowest BCUT2D eigenvalue weighted by Gasteiger charge is -2.32. The fourth-order valence-corrected chi connectivity index (χ4v) is 3.62. The minimum absolute atomic E-state index is 0. The molecule has 2 atom stereocenters. The van der Waals surface area contributed by atoms with Crippen LogP contribution in [0.25, 0.3) is 11.4 Å². The lowest BCUT2D eigenvalue weighted by atomic mass is 9.96. The van der Waals surface area contributed by atoms with Gasteiger partial charge in [0.05, 0.1) is 5.92 Å². The van der Waals surface area contributed by atoms with Gasteiger partial charge in [0.1, 0.15) is 6.04 Å². The number of hydrogen-bond acceptors (Lipinski definition) is 5. The van der Waals surface area contributed by atoms with Crippen LogP contribution in [0.2, 0.25) is 5.02 Å². The van der Waals surface area contributed by atoms with E-state index in [1.807, 2.05) is 42.5 Å². The summed E-state index contributed by atoms with van der Waals surface area (Å²) in [6, 6.07) is 16.1. The van der Waals surface area contributed by atoms with E-state index >= 15 is 0 Å². The molecule has 0 bridgehead atoms. The maximum atomic E-state index is 12.9. The number of piperidine rings is 1. The Kier molecular flexibility index (Phi) is 6.90. The zero-order chi connectivity index (χ0) is 19.5. The molecule has 2 N–H and O–H groups in total. The van der Waals surface area contributed by atoms with Gasteiger partial charge in [-0.3, -0.25) is 4.79 Å². The van der Waals surface area contributed by atoms with Crippen LogP contribution < -0.4 is 5.73 Å². The van der Waals surface area contributed by atoms with Crippen LogP contribution in [0, 0.1) is 0 Å². The van der Waals surface area contributed by atoms with Crippen LogP contribution in [0.4, 0.5) is 0 Å². The Morgan fingerprint density at radius 3 is 2.62 bits per heavy atom. The molecule has 0 spiro atoms. The Labute approximate surface area is 180 Å². The summed E-state index contributed by atoms with van der Waals surface area (Å²) in [5, 5.41) is 4.74. The predicted molar refractivity (Wildman–Crippen MR) is 114 cm³/mol. The van der Waals surface area contributed by atoms with Gasteiger partial charge in [0.15, 0.2) is 0 Å². The summed E-state index contributed by atoms with van der Waals surface area (Å²) in [6.45, 7) is 1.22. The fraction of sp³-hybridized carbons (Fsp3) is 0.286. The summed E-state index contributed by atoms with van der Waals surface area (Å²) >= 11 is 5.93. The zero-order valence-corrected chi connectivity index (χ0v) is 17.3. The number of carbonyl (C=O) groups excluding carboxylic acids is 1. The van der Waals surface area contributed by atoms with Gasteiger partial charge in [0.25, 0.3) is 0 Å². The van der Waals surface area contributed by atoms with Gasteiger partial charge in [-0.1, -0.05) is 47.1 Å². The van der Waals surface area contributed by atoms with Crippen LogP contribution in [-0.2, 0) is 4.79 Å². The summed E-state index contributed by atoms with van der Waals surface area (Å²) in [4.78, 5) is 19.2. The quantitative estimate of drug-likeness (QED) is 0.666. The Balaban J connectivity index is 0.00000240. The van der Waals surface area contributed by atoms with Crippen molar-refractivity contribution in [1.29, 1.82) is 0 Å². The second-order valence-corrected chi connectivity index (χ2v) is 7.41. The number of benzene rings is 2. The van der Waals surface area contributed by atoms with Gasteiger partial charge in [0.2, 0.25) is 17.6 Å². The monoisotopic (exact) mass is 432 g/mol. The predicted octanol–water partition coefficient (Wildman–Crippen LogP) is 4.22. The topological polar surface area (TPSA) is 85.3 Å². The average molecular weight is 433 g/mol. The first-order chi connectivity index (χ1) is 13.6. The number of rotatable bonds is 4. The van der Waals surface area contributed by atoms with E-state index in [2.05, 4.69) is 10.1 Å². The molecule has 8 heteroatoms. The second-order valence-electron chi connectivity index (χ2n) is 6.97. The number of halogens is 2. The van der Waals surface area contributed by atoms with Crippen molar-refractivity contribution in [2.24, 2.45) is 5.73 Å². The maximum Gasteiger partial charge on any atom is 0.244 e. The van der Waals surface area contributed by atoms with E-state index in [9.17, 15) is 4.79 Å². The number of carbonyl (C=O) groups is 1. The molecule has 1 amide bonds. The summed E-state index contributed by atoms with van der Waals surface area (Å²) in [5.74, 6) is 1.01. The highest BCUT2D eigenvalue weighted by Gasteiger charge is 2.31. The van der Waals surface area contributed by atoms with E-state index in [1.165, 1.54) is 0 Å². The van der Waals surface area contributed by atoms with Crippen molar-refractivity contribution in [3.8, 4) is 11.4 Å². The normalized spacial score (nSPS) is 17.4. The number of nitrogens with zero attached hydrogens (tertiary/aromatic N) is 3. The smallest absolute Gasteiger partial charge is 0.244 e. The molecule has 2 heterocycles. The first-order valence-corrected chi connectivity index (χ1v) is 9.68. The van der Waals surface area contributed by atoms with Crippen molar-refractivity contribution in [1.82, 2.24) is 15.0 Å². The van der Waals surface area contributed by atoms with Crippen molar-refractivity contribution in [3.05, 3.63) is 71.1 Å². The van der Waals surface area contributed by atoms with E-state index < -0.39 is 6.04 Å². The summed E-state index contributed by atoms with van der Waals surface area (Å²) in [7, 11) is 0. The molecule has 1 aromatic heterocycles. The van der Waals surface area contributed by atoms with Gasteiger partial charge < -0.3 is 15.2 Å². The van der Waals surface area contributed by atoms with Crippen LogP contribution in [-0.4, -0.2) is 34.0 Å². The van der Waals surface area contributed by atoms with Crippen LogP contribution in [0.3, 0.4) is 0 Å². The van der Waals surface area contributed by atoms with Gasteiger partial charge in [-0.25, -0.2) is 0 Å². The zero-order valence-electron chi connectivity index (χ0n) is 15.7. The Bertz CT molecular complexity index is 947. The first kappa shape index (κ1) is 21.3. The maximum absolute atomic E-state index is 12.9. The minimum atomic E-state index is -0.660. The number of amides is 1. The molecule has 152 valence electrons. The highest BCUT2D eigenvalue weighted by molar-refractivity contribution is 6.30. The van der Waals surface area contributed by atoms with E-state index in [-0.39, 0.29) is 24.2 Å². The van der Waals surface area contributed by atoms with E-state index in [0.29, 0.717) is 29.8 Å². The third-order valence-corrected chi connectivity index (χ3v) is 5.30. The molecule has 0 aliphatic carbocycles. The molecule has 1 saturated heterocycles. The van der Waals surface area contributed by atoms with E-state index in [4.69, 9.17) is 21.9 Å². The van der Waals surface area contributed by atoms with Crippen LogP contribution in [0.1, 0.15) is 36.3 Å². The summed E-state index contributed by atoms with van der Waals surface area (Å²) < 4.78 is 5.50. The molecule has 3 aromatic rings. The van der Waals surface area contributed by atoms with Crippen molar-refractivity contribution in [3.63, 3.8) is 0 Å². The van der Waals surface area contributed by atoms with Crippen molar-refractivity contribution < 1.29 is 9.32 Å². The van der Waals surface area contributed by atoms with E-state index in [1.54, 1.807) is 17.0 Å². The molecule has 2 unspecified atom stereocenters. The van der Waals surface area contributed by atoms with Crippen molar-refractivity contribution in [2.45, 2.75) is 24.8 Å². The first-order valence-electron chi connectivity index (χ1n) is 9.30. The third kappa shape index (κ3) is 4.78. The van der Waals surface area contributed by atoms with Gasteiger partial charge in [0, 0.05) is 23.7 Å². The van der Waals surface area contributed by atoms with E-state index in [0.717, 1.165) is 24.0 Å².